The second-order valence-corrected chi connectivity index (χ2v) is 7.23. The minimum absolute atomic E-state index is 0.497. The molecule has 102 valence electrons. The van der Waals surface area contributed by atoms with Crippen molar-refractivity contribution in [3.63, 3.8) is 0 Å². The van der Waals surface area contributed by atoms with E-state index in [-0.39, 0.29) is 0 Å². The molecule has 1 nitrogen and oxygen atoms in total. The van der Waals surface area contributed by atoms with Crippen LogP contribution in [0.3, 0.4) is 0 Å². The van der Waals surface area contributed by atoms with E-state index in [0.29, 0.717) is 11.5 Å². The topological polar surface area (TPSA) is 26.0 Å². The predicted molar refractivity (Wildman–Crippen MR) is 79.1 cm³/mol. The molecule has 1 spiro atoms. The molecule has 0 radical (unpaired) electrons. The highest BCUT2D eigenvalue weighted by molar-refractivity contribution is 5.44. The van der Waals surface area contributed by atoms with Gasteiger partial charge in [0.2, 0.25) is 0 Å². The van der Waals surface area contributed by atoms with E-state index in [2.05, 4.69) is 24.3 Å². The summed E-state index contributed by atoms with van der Waals surface area (Å²) in [5.41, 5.74) is 9.97. The lowest BCUT2D eigenvalue weighted by atomic mass is 9.81. The van der Waals surface area contributed by atoms with Gasteiger partial charge < -0.3 is 5.73 Å². The molecule has 3 aliphatic rings. The fourth-order valence-electron chi connectivity index (χ4n) is 4.87. The lowest BCUT2D eigenvalue weighted by molar-refractivity contribution is 0.292. The fourth-order valence-corrected chi connectivity index (χ4v) is 4.87. The first-order valence-corrected chi connectivity index (χ1v) is 8.12. The summed E-state index contributed by atoms with van der Waals surface area (Å²) in [6.45, 7) is 0. The van der Waals surface area contributed by atoms with Crippen LogP contribution in [0.5, 0.6) is 0 Å². The van der Waals surface area contributed by atoms with E-state index in [1.807, 2.05) is 0 Å². The van der Waals surface area contributed by atoms with Crippen LogP contribution in [-0.4, -0.2) is 6.04 Å². The zero-order chi connectivity index (χ0) is 12.9. The van der Waals surface area contributed by atoms with E-state index < -0.39 is 0 Å². The van der Waals surface area contributed by atoms with Crippen molar-refractivity contribution in [1.82, 2.24) is 0 Å². The van der Waals surface area contributed by atoms with Gasteiger partial charge in [0.15, 0.2) is 0 Å². The van der Waals surface area contributed by atoms with Gasteiger partial charge in [-0.05, 0) is 79.7 Å². The van der Waals surface area contributed by atoms with Crippen LogP contribution in [-0.2, 0) is 11.8 Å². The fraction of sp³-hybridized carbons (Fsp3) is 0.667. The first-order valence-electron chi connectivity index (χ1n) is 8.12. The summed E-state index contributed by atoms with van der Waals surface area (Å²) in [7, 11) is 0. The second-order valence-electron chi connectivity index (χ2n) is 7.23. The number of hydrogen-bond donors (Lipinski definition) is 1. The van der Waals surface area contributed by atoms with Gasteiger partial charge in [0.25, 0.3) is 0 Å². The standard InChI is InChI=1S/C18H25N/c19-16-7-5-13(6-8-16)11-15-12-18(15)10-9-14-3-1-2-4-17(14)18/h1-4,13,15-16H,5-12,19H2. The van der Waals surface area contributed by atoms with Crippen LogP contribution < -0.4 is 5.73 Å². The van der Waals surface area contributed by atoms with Gasteiger partial charge in [-0.25, -0.2) is 0 Å². The van der Waals surface area contributed by atoms with E-state index in [1.165, 1.54) is 51.4 Å². The van der Waals surface area contributed by atoms with Gasteiger partial charge in [0, 0.05) is 6.04 Å². The third-order valence-corrected chi connectivity index (χ3v) is 6.14. The normalized spacial score (nSPS) is 40.4. The molecule has 2 fully saturated rings. The Bertz CT molecular complexity index is 472. The third kappa shape index (κ3) is 1.94. The minimum Gasteiger partial charge on any atom is -0.328 e. The first-order chi connectivity index (χ1) is 9.28. The molecule has 0 amide bonds. The summed E-state index contributed by atoms with van der Waals surface area (Å²) in [5.74, 6) is 1.95. The molecule has 2 N–H and O–H groups in total. The van der Waals surface area contributed by atoms with Gasteiger partial charge in [-0.2, -0.15) is 0 Å². The van der Waals surface area contributed by atoms with Crippen molar-refractivity contribution in [3.8, 4) is 0 Å². The summed E-state index contributed by atoms with van der Waals surface area (Å²) in [5, 5.41) is 0. The van der Waals surface area contributed by atoms with Crippen molar-refractivity contribution in [1.29, 1.82) is 0 Å². The van der Waals surface area contributed by atoms with Crippen molar-refractivity contribution in [2.45, 2.75) is 62.8 Å². The predicted octanol–water partition coefficient (Wildman–Crippen LogP) is 3.80. The van der Waals surface area contributed by atoms with Crippen molar-refractivity contribution < 1.29 is 0 Å². The number of fused-ring (bicyclic) bond motifs is 2. The molecule has 19 heavy (non-hydrogen) atoms. The van der Waals surface area contributed by atoms with Crippen molar-refractivity contribution in [2.75, 3.05) is 0 Å². The van der Waals surface area contributed by atoms with Crippen molar-refractivity contribution in [3.05, 3.63) is 35.4 Å². The maximum Gasteiger partial charge on any atom is 0.00390 e. The molecule has 1 heteroatoms. The quantitative estimate of drug-likeness (QED) is 0.854. The highest BCUT2D eigenvalue weighted by atomic mass is 14.6. The highest BCUT2D eigenvalue weighted by Gasteiger charge is 2.57. The molecule has 1 aromatic carbocycles. The zero-order valence-electron chi connectivity index (χ0n) is 11.8. The third-order valence-electron chi connectivity index (χ3n) is 6.14. The molecule has 2 saturated carbocycles. The number of benzene rings is 1. The molecule has 2 atom stereocenters. The summed E-state index contributed by atoms with van der Waals surface area (Å²) >= 11 is 0. The Kier molecular flexibility index (Phi) is 2.73. The molecule has 4 rings (SSSR count). The lowest BCUT2D eigenvalue weighted by Crippen LogP contribution is -2.27. The van der Waals surface area contributed by atoms with Crippen LogP contribution in [0.2, 0.25) is 0 Å². The Morgan fingerprint density at radius 1 is 1.11 bits per heavy atom. The maximum absolute atomic E-state index is 6.02. The maximum atomic E-state index is 6.02. The Morgan fingerprint density at radius 3 is 2.74 bits per heavy atom. The Hall–Kier alpha value is -0.820. The number of aryl methyl sites for hydroxylation is 1. The molecular formula is C18H25N. The van der Waals surface area contributed by atoms with Crippen LogP contribution in [0.1, 0.15) is 56.1 Å². The minimum atomic E-state index is 0.497. The van der Waals surface area contributed by atoms with E-state index in [4.69, 9.17) is 5.73 Å². The molecule has 0 saturated heterocycles. The highest BCUT2D eigenvalue weighted by Crippen LogP contribution is 2.63. The van der Waals surface area contributed by atoms with Crippen LogP contribution in [0.4, 0.5) is 0 Å². The molecule has 1 aromatic rings. The molecule has 0 heterocycles. The smallest absolute Gasteiger partial charge is 0.00390 e. The Balaban J connectivity index is 1.44. The van der Waals surface area contributed by atoms with Crippen molar-refractivity contribution >= 4 is 0 Å². The monoisotopic (exact) mass is 255 g/mol. The summed E-state index contributed by atoms with van der Waals surface area (Å²) in [6.07, 6.45) is 11.0. The molecule has 0 aliphatic heterocycles. The van der Waals surface area contributed by atoms with Gasteiger partial charge >= 0.3 is 0 Å². The van der Waals surface area contributed by atoms with Crippen molar-refractivity contribution in [2.24, 2.45) is 17.6 Å². The number of rotatable bonds is 2. The molecule has 2 unspecified atom stereocenters. The average Bonchev–Trinajstić information content (AvgIpc) is 3.00. The molecular weight excluding hydrogens is 230 g/mol. The summed E-state index contributed by atoms with van der Waals surface area (Å²) in [4.78, 5) is 0. The largest absolute Gasteiger partial charge is 0.328 e. The van der Waals surface area contributed by atoms with E-state index >= 15 is 0 Å². The van der Waals surface area contributed by atoms with Gasteiger partial charge in [0.05, 0.1) is 0 Å². The average molecular weight is 255 g/mol. The van der Waals surface area contributed by atoms with E-state index in [0.717, 1.165) is 11.8 Å². The Morgan fingerprint density at radius 2 is 1.89 bits per heavy atom. The molecule has 3 aliphatic carbocycles. The van der Waals surface area contributed by atoms with E-state index in [1.54, 1.807) is 11.1 Å². The van der Waals surface area contributed by atoms with E-state index in [9.17, 15) is 0 Å². The zero-order valence-corrected chi connectivity index (χ0v) is 11.8. The van der Waals surface area contributed by atoms with Gasteiger partial charge in [-0.15, -0.1) is 0 Å². The molecule has 0 bridgehead atoms. The number of hydrogen-bond acceptors (Lipinski definition) is 1. The first kappa shape index (κ1) is 12.0. The Labute approximate surface area is 116 Å². The van der Waals surface area contributed by atoms with Crippen LogP contribution in [0.15, 0.2) is 24.3 Å². The van der Waals surface area contributed by atoms with Crippen LogP contribution in [0.25, 0.3) is 0 Å². The number of nitrogens with two attached hydrogens (primary N) is 1. The van der Waals surface area contributed by atoms with Crippen LogP contribution >= 0.6 is 0 Å². The SMILES string of the molecule is NC1CCC(CC2CC23CCc2ccccc23)CC1. The molecule has 0 aromatic heterocycles. The summed E-state index contributed by atoms with van der Waals surface area (Å²) < 4.78 is 0. The lowest BCUT2D eigenvalue weighted by Gasteiger charge is -2.26. The van der Waals surface area contributed by atoms with Gasteiger partial charge in [0.1, 0.15) is 0 Å². The van der Waals surface area contributed by atoms with Crippen LogP contribution in [0, 0.1) is 11.8 Å². The van der Waals surface area contributed by atoms with Gasteiger partial charge in [-0.1, -0.05) is 24.3 Å². The summed E-state index contributed by atoms with van der Waals surface area (Å²) in [6, 6.07) is 9.69. The van der Waals surface area contributed by atoms with Gasteiger partial charge in [-0.3, -0.25) is 0 Å². The second kappa shape index (κ2) is 4.34.